The van der Waals surface area contributed by atoms with Gasteiger partial charge in [0.2, 0.25) is 0 Å². The Morgan fingerprint density at radius 3 is 2.37 bits per heavy atom. The first-order valence-electron chi connectivity index (χ1n) is 6.89. The minimum Gasteiger partial charge on any atom is -0.486 e. The number of benzene rings is 1. The van der Waals surface area contributed by atoms with Crippen molar-refractivity contribution in [2.75, 3.05) is 6.61 Å². The Bertz CT molecular complexity index is 442. The average molecular weight is 260 g/mol. The molecule has 2 rings (SSSR count). The van der Waals surface area contributed by atoms with Gasteiger partial charge in [-0.25, -0.2) is 0 Å². The van der Waals surface area contributed by atoms with E-state index in [9.17, 15) is 9.59 Å². The van der Waals surface area contributed by atoms with Crippen LogP contribution in [0.4, 0.5) is 0 Å². The highest BCUT2D eigenvalue weighted by molar-refractivity contribution is 5.82. The molecule has 19 heavy (non-hydrogen) atoms. The first-order chi connectivity index (χ1) is 9.15. The summed E-state index contributed by atoms with van der Waals surface area (Å²) in [6.07, 6.45) is 4.80. The van der Waals surface area contributed by atoms with E-state index in [4.69, 9.17) is 4.74 Å². The second-order valence-corrected chi connectivity index (χ2v) is 5.26. The summed E-state index contributed by atoms with van der Waals surface area (Å²) in [5.74, 6) is 1.26. The standard InChI is InChI=1S/C16H20O3/c1-12(17)10-13-6-8-15(9-7-13)19-11-16(18)14-4-2-3-5-14/h6-9,14H,2-5,10-11H2,1H3. The normalized spacial score (nSPS) is 15.4. The predicted molar refractivity (Wildman–Crippen MR) is 73.3 cm³/mol. The molecule has 1 aromatic carbocycles. The van der Waals surface area contributed by atoms with Crippen molar-refractivity contribution in [1.29, 1.82) is 0 Å². The minimum atomic E-state index is 0.144. The van der Waals surface area contributed by atoms with Gasteiger partial charge in [-0.05, 0) is 37.5 Å². The van der Waals surface area contributed by atoms with Crippen LogP contribution in [-0.4, -0.2) is 18.2 Å². The zero-order valence-electron chi connectivity index (χ0n) is 11.4. The van der Waals surface area contributed by atoms with E-state index < -0.39 is 0 Å². The van der Waals surface area contributed by atoms with Gasteiger partial charge in [-0.15, -0.1) is 0 Å². The highest BCUT2D eigenvalue weighted by Gasteiger charge is 2.22. The van der Waals surface area contributed by atoms with Crippen molar-refractivity contribution in [2.24, 2.45) is 5.92 Å². The van der Waals surface area contributed by atoms with E-state index in [1.165, 1.54) is 0 Å². The second kappa shape index (κ2) is 6.50. The van der Waals surface area contributed by atoms with E-state index in [1.54, 1.807) is 6.92 Å². The van der Waals surface area contributed by atoms with Gasteiger partial charge in [0, 0.05) is 12.3 Å². The molecule has 0 aliphatic heterocycles. The molecule has 3 nitrogen and oxygen atoms in total. The van der Waals surface area contributed by atoms with E-state index in [1.807, 2.05) is 24.3 Å². The van der Waals surface area contributed by atoms with Crippen LogP contribution >= 0.6 is 0 Å². The van der Waals surface area contributed by atoms with Crippen LogP contribution in [0.1, 0.15) is 38.2 Å². The Labute approximate surface area is 114 Å². The third kappa shape index (κ3) is 4.19. The third-order valence-electron chi connectivity index (χ3n) is 3.57. The van der Waals surface area contributed by atoms with Crippen LogP contribution in [0.15, 0.2) is 24.3 Å². The Morgan fingerprint density at radius 1 is 1.16 bits per heavy atom. The van der Waals surface area contributed by atoms with Crippen molar-refractivity contribution in [2.45, 2.75) is 39.0 Å². The summed E-state index contributed by atoms with van der Waals surface area (Å²) in [7, 11) is 0. The highest BCUT2D eigenvalue weighted by atomic mass is 16.5. The van der Waals surface area contributed by atoms with Gasteiger partial charge in [0.05, 0.1) is 0 Å². The molecule has 0 saturated heterocycles. The van der Waals surface area contributed by atoms with Crippen molar-refractivity contribution < 1.29 is 14.3 Å². The van der Waals surface area contributed by atoms with Gasteiger partial charge in [-0.3, -0.25) is 9.59 Å². The summed E-state index contributed by atoms with van der Waals surface area (Å²) < 4.78 is 5.51. The molecule has 0 spiro atoms. The number of hydrogen-bond acceptors (Lipinski definition) is 3. The molecule has 1 aromatic rings. The Kier molecular flexibility index (Phi) is 4.72. The number of Topliss-reactive ketones (excluding diaryl/α,β-unsaturated/α-hetero) is 2. The third-order valence-corrected chi connectivity index (χ3v) is 3.57. The largest absolute Gasteiger partial charge is 0.486 e. The Balaban J connectivity index is 1.82. The smallest absolute Gasteiger partial charge is 0.173 e. The lowest BCUT2D eigenvalue weighted by atomic mass is 10.0. The molecule has 0 atom stereocenters. The van der Waals surface area contributed by atoms with Gasteiger partial charge in [0.25, 0.3) is 0 Å². The SMILES string of the molecule is CC(=O)Cc1ccc(OCC(=O)C2CCCC2)cc1. The summed E-state index contributed by atoms with van der Waals surface area (Å²) in [6.45, 7) is 1.74. The first kappa shape index (κ1) is 13.8. The monoisotopic (exact) mass is 260 g/mol. The fraction of sp³-hybridized carbons (Fsp3) is 0.500. The molecular formula is C16H20O3. The van der Waals surface area contributed by atoms with Crippen LogP contribution in [0.5, 0.6) is 5.75 Å². The number of carbonyl (C=O) groups excluding carboxylic acids is 2. The quantitative estimate of drug-likeness (QED) is 0.789. The summed E-state index contributed by atoms with van der Waals surface area (Å²) in [4.78, 5) is 22.8. The first-order valence-corrected chi connectivity index (χ1v) is 6.89. The predicted octanol–water partition coefficient (Wildman–Crippen LogP) is 2.96. The van der Waals surface area contributed by atoms with Crippen LogP contribution in [0.2, 0.25) is 0 Å². The molecule has 1 aliphatic rings. The molecule has 1 aliphatic carbocycles. The Hall–Kier alpha value is -1.64. The molecule has 3 heteroatoms. The van der Waals surface area contributed by atoms with Crippen molar-refractivity contribution in [3.05, 3.63) is 29.8 Å². The second-order valence-electron chi connectivity index (χ2n) is 5.26. The molecular weight excluding hydrogens is 240 g/mol. The topological polar surface area (TPSA) is 43.4 Å². The van der Waals surface area contributed by atoms with Crippen molar-refractivity contribution in [1.82, 2.24) is 0 Å². The minimum absolute atomic E-state index is 0.144. The molecule has 1 fully saturated rings. The lowest BCUT2D eigenvalue weighted by Crippen LogP contribution is -2.19. The maximum absolute atomic E-state index is 11.9. The van der Waals surface area contributed by atoms with E-state index in [0.29, 0.717) is 12.2 Å². The maximum atomic E-state index is 11.9. The van der Waals surface area contributed by atoms with E-state index in [2.05, 4.69) is 0 Å². The molecule has 1 saturated carbocycles. The van der Waals surface area contributed by atoms with E-state index >= 15 is 0 Å². The summed E-state index contributed by atoms with van der Waals surface area (Å²) in [5, 5.41) is 0. The number of hydrogen-bond donors (Lipinski definition) is 0. The molecule has 0 aromatic heterocycles. The number of carbonyl (C=O) groups is 2. The molecule has 0 unspecified atom stereocenters. The number of rotatable bonds is 6. The molecule has 0 radical (unpaired) electrons. The maximum Gasteiger partial charge on any atom is 0.173 e. The average Bonchev–Trinajstić information content (AvgIpc) is 2.91. The number of ketones is 2. The van der Waals surface area contributed by atoms with Gasteiger partial charge in [0.1, 0.15) is 18.1 Å². The van der Waals surface area contributed by atoms with Crippen LogP contribution in [0.3, 0.4) is 0 Å². The Morgan fingerprint density at radius 2 is 1.79 bits per heavy atom. The molecule has 0 heterocycles. The summed E-state index contributed by atoms with van der Waals surface area (Å²) in [5.41, 5.74) is 0.974. The van der Waals surface area contributed by atoms with Gasteiger partial charge >= 0.3 is 0 Å². The van der Waals surface area contributed by atoms with Crippen LogP contribution in [0, 0.1) is 5.92 Å². The lowest BCUT2D eigenvalue weighted by Gasteiger charge is -2.10. The van der Waals surface area contributed by atoms with Crippen molar-refractivity contribution >= 4 is 11.6 Å². The molecule has 0 bridgehead atoms. The van der Waals surface area contributed by atoms with Gasteiger partial charge in [-0.2, -0.15) is 0 Å². The highest BCUT2D eigenvalue weighted by Crippen LogP contribution is 2.25. The van der Waals surface area contributed by atoms with Crippen LogP contribution in [0.25, 0.3) is 0 Å². The van der Waals surface area contributed by atoms with Crippen molar-refractivity contribution in [3.8, 4) is 5.75 Å². The fourth-order valence-corrected chi connectivity index (χ4v) is 2.51. The van der Waals surface area contributed by atoms with Crippen LogP contribution in [-0.2, 0) is 16.0 Å². The molecule has 0 N–H and O–H groups in total. The molecule has 0 amide bonds. The van der Waals surface area contributed by atoms with Gasteiger partial charge in [0.15, 0.2) is 5.78 Å². The summed E-state index contributed by atoms with van der Waals surface area (Å²) in [6, 6.07) is 7.38. The van der Waals surface area contributed by atoms with E-state index in [0.717, 1.165) is 31.2 Å². The van der Waals surface area contributed by atoms with E-state index in [-0.39, 0.29) is 24.1 Å². The van der Waals surface area contributed by atoms with Gasteiger partial charge < -0.3 is 4.74 Å². The zero-order valence-corrected chi connectivity index (χ0v) is 11.4. The summed E-state index contributed by atoms with van der Waals surface area (Å²) >= 11 is 0. The zero-order chi connectivity index (χ0) is 13.7. The number of ether oxygens (including phenoxy) is 1. The van der Waals surface area contributed by atoms with Crippen LogP contribution < -0.4 is 4.74 Å². The van der Waals surface area contributed by atoms with Crippen molar-refractivity contribution in [3.63, 3.8) is 0 Å². The fourth-order valence-electron chi connectivity index (χ4n) is 2.51. The van der Waals surface area contributed by atoms with Gasteiger partial charge in [-0.1, -0.05) is 25.0 Å². The molecule has 102 valence electrons. The lowest BCUT2D eigenvalue weighted by molar-refractivity contribution is -0.124.